The van der Waals surface area contributed by atoms with Gasteiger partial charge in [-0.15, -0.1) is 0 Å². The third-order valence-electron chi connectivity index (χ3n) is 2.94. The molecule has 0 aliphatic rings. The predicted octanol–water partition coefficient (Wildman–Crippen LogP) is 2.43. The van der Waals surface area contributed by atoms with Crippen molar-refractivity contribution >= 4 is 5.91 Å². The number of rotatable bonds is 4. The van der Waals surface area contributed by atoms with Gasteiger partial charge in [0.05, 0.1) is 0 Å². The first-order chi connectivity index (χ1) is 9.09. The number of benzene rings is 1. The number of amides is 1. The Kier molecular flexibility index (Phi) is 3.94. The molecule has 0 spiro atoms. The van der Waals surface area contributed by atoms with Gasteiger partial charge in [-0.3, -0.25) is 4.79 Å². The summed E-state index contributed by atoms with van der Waals surface area (Å²) in [6.07, 6.45) is 0. The van der Waals surface area contributed by atoms with Crippen molar-refractivity contribution in [2.24, 2.45) is 0 Å². The molecule has 1 aromatic heterocycles. The lowest BCUT2D eigenvalue weighted by atomic mass is 10.1. The number of aromatic nitrogens is 2. The van der Waals surface area contributed by atoms with Crippen LogP contribution in [-0.4, -0.2) is 27.2 Å². The van der Waals surface area contributed by atoms with Crippen LogP contribution in [0.4, 0.5) is 0 Å². The number of hydrogen-bond acceptors (Lipinski definition) is 4. The number of carbonyl (C=O) groups excluding carboxylic acids is 1. The highest BCUT2D eigenvalue weighted by atomic mass is 16.6. The van der Waals surface area contributed by atoms with Crippen molar-refractivity contribution in [2.45, 2.75) is 33.4 Å². The van der Waals surface area contributed by atoms with Gasteiger partial charge in [0.1, 0.15) is 5.69 Å². The minimum atomic E-state index is -0.155. The molecule has 0 saturated carbocycles. The van der Waals surface area contributed by atoms with E-state index in [0.29, 0.717) is 12.2 Å². The van der Waals surface area contributed by atoms with Crippen LogP contribution in [0.5, 0.6) is 0 Å². The molecule has 0 saturated heterocycles. The Morgan fingerprint density at radius 2 is 1.95 bits per heavy atom. The summed E-state index contributed by atoms with van der Waals surface area (Å²) in [6, 6.07) is 9.94. The van der Waals surface area contributed by atoms with E-state index in [4.69, 9.17) is 0 Å². The van der Waals surface area contributed by atoms with Crippen molar-refractivity contribution in [1.82, 2.24) is 15.2 Å². The van der Waals surface area contributed by atoms with Crippen molar-refractivity contribution in [3.63, 3.8) is 0 Å². The van der Waals surface area contributed by atoms with E-state index in [1.807, 2.05) is 44.2 Å². The van der Waals surface area contributed by atoms with Gasteiger partial charge in [-0.2, -0.15) is 0 Å². The fourth-order valence-electron chi connectivity index (χ4n) is 1.83. The highest BCUT2D eigenvalue weighted by molar-refractivity contribution is 5.93. The zero-order valence-corrected chi connectivity index (χ0v) is 11.3. The van der Waals surface area contributed by atoms with E-state index in [2.05, 4.69) is 14.9 Å². The molecule has 0 N–H and O–H groups in total. The van der Waals surface area contributed by atoms with Crippen LogP contribution >= 0.6 is 0 Å². The Bertz CT molecular complexity index is 549. The molecule has 5 heteroatoms. The molecule has 0 atom stereocenters. The Morgan fingerprint density at radius 1 is 1.26 bits per heavy atom. The first-order valence-corrected chi connectivity index (χ1v) is 6.23. The molecule has 0 bridgehead atoms. The second kappa shape index (κ2) is 5.65. The van der Waals surface area contributed by atoms with Gasteiger partial charge in [0, 0.05) is 12.6 Å². The van der Waals surface area contributed by atoms with Gasteiger partial charge in [-0.05, 0) is 31.5 Å². The van der Waals surface area contributed by atoms with Gasteiger partial charge in [-0.25, -0.2) is 4.63 Å². The van der Waals surface area contributed by atoms with E-state index in [-0.39, 0.29) is 17.6 Å². The fraction of sp³-hybridized carbons (Fsp3) is 0.357. The molecule has 1 aromatic carbocycles. The van der Waals surface area contributed by atoms with Gasteiger partial charge in [0.25, 0.3) is 5.91 Å². The van der Waals surface area contributed by atoms with Crippen LogP contribution in [0.25, 0.3) is 0 Å². The molecule has 1 heterocycles. The Labute approximate surface area is 112 Å². The molecular weight excluding hydrogens is 242 g/mol. The maximum Gasteiger partial charge on any atom is 0.278 e. The van der Waals surface area contributed by atoms with Crippen LogP contribution in [-0.2, 0) is 6.54 Å². The topological polar surface area (TPSA) is 59.2 Å². The highest BCUT2D eigenvalue weighted by Gasteiger charge is 2.24. The van der Waals surface area contributed by atoms with E-state index in [1.165, 1.54) is 0 Å². The van der Waals surface area contributed by atoms with Crippen LogP contribution in [0, 0.1) is 6.92 Å². The smallest absolute Gasteiger partial charge is 0.278 e. The summed E-state index contributed by atoms with van der Waals surface area (Å²) in [5.74, 6) is -0.155. The zero-order valence-electron chi connectivity index (χ0n) is 11.3. The Morgan fingerprint density at radius 3 is 2.47 bits per heavy atom. The number of nitrogens with zero attached hydrogens (tertiary/aromatic N) is 3. The van der Waals surface area contributed by atoms with Gasteiger partial charge >= 0.3 is 0 Å². The molecule has 0 radical (unpaired) electrons. The molecule has 0 aliphatic carbocycles. The largest absolute Gasteiger partial charge is 0.330 e. The lowest BCUT2D eigenvalue weighted by molar-refractivity contribution is 0.0678. The number of hydrogen-bond donors (Lipinski definition) is 0. The maximum atomic E-state index is 12.4. The van der Waals surface area contributed by atoms with Gasteiger partial charge in [0.15, 0.2) is 5.69 Å². The Hall–Kier alpha value is -2.17. The quantitative estimate of drug-likeness (QED) is 0.846. The molecule has 0 unspecified atom stereocenters. The molecule has 0 fully saturated rings. The van der Waals surface area contributed by atoms with Crippen molar-refractivity contribution in [1.29, 1.82) is 0 Å². The van der Waals surface area contributed by atoms with Crippen LogP contribution in [0.1, 0.15) is 35.6 Å². The molecular formula is C14H17N3O2. The van der Waals surface area contributed by atoms with Crippen molar-refractivity contribution in [3.05, 3.63) is 47.3 Å². The van der Waals surface area contributed by atoms with Crippen LogP contribution < -0.4 is 0 Å². The normalized spacial score (nSPS) is 10.7. The predicted molar refractivity (Wildman–Crippen MR) is 70.5 cm³/mol. The van der Waals surface area contributed by atoms with Crippen LogP contribution in [0.15, 0.2) is 35.0 Å². The van der Waals surface area contributed by atoms with E-state index in [0.717, 1.165) is 5.56 Å². The third kappa shape index (κ3) is 2.99. The summed E-state index contributed by atoms with van der Waals surface area (Å²) in [7, 11) is 0. The number of aryl methyl sites for hydroxylation is 1. The average Bonchev–Trinajstić information content (AvgIpc) is 2.82. The minimum Gasteiger partial charge on any atom is -0.330 e. The van der Waals surface area contributed by atoms with Crippen LogP contribution in [0.2, 0.25) is 0 Å². The first-order valence-electron chi connectivity index (χ1n) is 6.23. The van der Waals surface area contributed by atoms with Crippen LogP contribution in [0.3, 0.4) is 0 Å². The van der Waals surface area contributed by atoms with E-state index in [9.17, 15) is 4.79 Å². The summed E-state index contributed by atoms with van der Waals surface area (Å²) in [5.41, 5.74) is 1.88. The molecule has 100 valence electrons. The first kappa shape index (κ1) is 13.3. The molecule has 0 aliphatic heterocycles. The van der Waals surface area contributed by atoms with Gasteiger partial charge in [-0.1, -0.05) is 35.5 Å². The van der Waals surface area contributed by atoms with E-state index in [1.54, 1.807) is 11.8 Å². The summed E-state index contributed by atoms with van der Waals surface area (Å²) in [4.78, 5) is 14.2. The Balaban J connectivity index is 2.22. The average molecular weight is 259 g/mol. The molecule has 2 rings (SSSR count). The second-order valence-corrected chi connectivity index (χ2v) is 4.71. The summed E-state index contributed by atoms with van der Waals surface area (Å²) >= 11 is 0. The van der Waals surface area contributed by atoms with Crippen molar-refractivity contribution in [3.8, 4) is 0 Å². The lowest BCUT2D eigenvalue weighted by Gasteiger charge is -2.26. The monoisotopic (exact) mass is 259 g/mol. The van der Waals surface area contributed by atoms with Gasteiger partial charge < -0.3 is 4.90 Å². The maximum absolute atomic E-state index is 12.4. The summed E-state index contributed by atoms with van der Waals surface area (Å²) in [5, 5.41) is 7.34. The van der Waals surface area contributed by atoms with E-state index < -0.39 is 0 Å². The fourth-order valence-corrected chi connectivity index (χ4v) is 1.83. The number of carbonyl (C=O) groups is 1. The van der Waals surface area contributed by atoms with Gasteiger partial charge in [0.2, 0.25) is 0 Å². The van der Waals surface area contributed by atoms with E-state index >= 15 is 0 Å². The minimum absolute atomic E-state index is 0.0730. The molecule has 19 heavy (non-hydrogen) atoms. The lowest BCUT2D eigenvalue weighted by Crippen LogP contribution is -2.36. The summed E-state index contributed by atoms with van der Waals surface area (Å²) in [6.45, 7) is 6.21. The SMILES string of the molecule is Cc1nonc1C(=O)N(Cc1ccccc1)C(C)C. The highest BCUT2D eigenvalue weighted by Crippen LogP contribution is 2.13. The third-order valence-corrected chi connectivity index (χ3v) is 2.94. The molecule has 5 nitrogen and oxygen atoms in total. The second-order valence-electron chi connectivity index (χ2n) is 4.71. The summed E-state index contributed by atoms with van der Waals surface area (Å²) < 4.78 is 4.60. The molecule has 2 aromatic rings. The van der Waals surface area contributed by atoms with Crippen molar-refractivity contribution < 1.29 is 9.42 Å². The standard InChI is InChI=1S/C14H17N3O2/c1-10(2)17(9-12-7-5-4-6-8-12)14(18)13-11(3)15-19-16-13/h4-8,10H,9H2,1-3H3. The zero-order chi connectivity index (χ0) is 13.8. The molecule has 1 amide bonds. The van der Waals surface area contributed by atoms with Crippen molar-refractivity contribution in [2.75, 3.05) is 0 Å².